The predicted molar refractivity (Wildman–Crippen MR) is 71.4 cm³/mol. The van der Waals surface area contributed by atoms with E-state index in [0.29, 0.717) is 0 Å². The molecule has 0 heterocycles. The third kappa shape index (κ3) is 4.08. The zero-order chi connectivity index (χ0) is 11.3. The number of hydrogen-bond acceptors (Lipinski definition) is 1. The van der Waals surface area contributed by atoms with Gasteiger partial charge in [-0.2, -0.15) is 0 Å². The molecule has 2 heteroatoms. The number of anilines is 1. The molecule has 0 aliphatic rings. The highest BCUT2D eigenvalue weighted by molar-refractivity contribution is 9.10. The normalized spacial score (nSPS) is 12.7. The van der Waals surface area contributed by atoms with Gasteiger partial charge in [0.2, 0.25) is 0 Å². The van der Waals surface area contributed by atoms with E-state index in [2.05, 4.69) is 60.2 Å². The molecule has 0 saturated heterocycles. The lowest BCUT2D eigenvalue weighted by molar-refractivity contribution is 0.848. The topological polar surface area (TPSA) is 12.0 Å². The molecular weight excluding hydrogens is 250 g/mol. The Morgan fingerprint density at radius 3 is 2.40 bits per heavy atom. The van der Waals surface area contributed by atoms with E-state index in [9.17, 15) is 0 Å². The van der Waals surface area contributed by atoms with Crippen LogP contribution in [0, 0.1) is 0 Å². The second-order valence-electron chi connectivity index (χ2n) is 3.99. The number of alkyl halides is 1. The molecule has 1 N–H and O–H groups in total. The number of halogens is 1. The molecule has 82 valence electrons. The number of rotatable bonds is 4. The van der Waals surface area contributed by atoms with E-state index in [1.165, 1.54) is 5.70 Å². The Labute approximate surface area is 101 Å². The molecule has 1 aromatic carbocycles. The van der Waals surface area contributed by atoms with Crippen molar-refractivity contribution in [2.75, 3.05) is 5.32 Å². The molecule has 0 atom stereocenters. The van der Waals surface area contributed by atoms with E-state index in [0.717, 1.165) is 12.1 Å². The monoisotopic (exact) mass is 267 g/mol. The second kappa shape index (κ2) is 5.36. The van der Waals surface area contributed by atoms with Crippen molar-refractivity contribution in [2.24, 2.45) is 0 Å². The van der Waals surface area contributed by atoms with Gasteiger partial charge in [-0.05, 0) is 32.4 Å². The molecule has 0 bridgehead atoms. The van der Waals surface area contributed by atoms with Gasteiger partial charge in [-0.25, -0.2) is 0 Å². The Kier molecular flexibility index (Phi) is 4.40. The molecule has 0 aromatic heterocycles. The van der Waals surface area contributed by atoms with Crippen molar-refractivity contribution >= 4 is 21.6 Å². The van der Waals surface area contributed by atoms with Gasteiger partial charge >= 0.3 is 0 Å². The van der Waals surface area contributed by atoms with Crippen molar-refractivity contribution in [1.29, 1.82) is 0 Å². The Morgan fingerprint density at radius 2 is 1.93 bits per heavy atom. The van der Waals surface area contributed by atoms with Gasteiger partial charge in [-0.15, -0.1) is 0 Å². The molecule has 0 saturated carbocycles. The van der Waals surface area contributed by atoms with E-state index in [1.54, 1.807) is 0 Å². The smallest absolute Gasteiger partial charge is 0.0596 e. The molecular formula is C13H18BrN. The zero-order valence-corrected chi connectivity index (χ0v) is 11.1. The maximum Gasteiger partial charge on any atom is 0.0596 e. The van der Waals surface area contributed by atoms with Gasteiger partial charge in [0, 0.05) is 11.4 Å². The van der Waals surface area contributed by atoms with E-state index >= 15 is 0 Å². The van der Waals surface area contributed by atoms with Gasteiger partial charge in [0.1, 0.15) is 0 Å². The molecule has 0 aliphatic heterocycles. The van der Waals surface area contributed by atoms with Crippen molar-refractivity contribution in [2.45, 2.75) is 31.5 Å². The molecule has 0 radical (unpaired) electrons. The molecule has 1 nitrogen and oxygen atoms in total. The summed E-state index contributed by atoms with van der Waals surface area (Å²) in [5.41, 5.74) is 2.33. The van der Waals surface area contributed by atoms with E-state index < -0.39 is 0 Å². The molecule has 1 rings (SSSR count). The Morgan fingerprint density at radius 1 is 1.33 bits per heavy atom. The first-order valence-electron chi connectivity index (χ1n) is 5.25. The maximum atomic E-state index is 3.67. The van der Waals surface area contributed by atoms with E-state index in [1.807, 2.05) is 18.2 Å². The minimum atomic E-state index is -0.0150. The fraction of sp³-hybridized carbons (Fsp3) is 0.385. The lowest BCUT2D eigenvalue weighted by atomic mass is 10.1. The van der Waals surface area contributed by atoms with Crippen LogP contribution >= 0.6 is 15.9 Å². The van der Waals surface area contributed by atoms with Crippen LogP contribution in [0.5, 0.6) is 0 Å². The Bertz CT molecular complexity index is 322. The third-order valence-electron chi connectivity index (χ3n) is 2.10. The van der Waals surface area contributed by atoms with E-state index in [4.69, 9.17) is 0 Å². The molecule has 1 aromatic rings. The summed E-state index contributed by atoms with van der Waals surface area (Å²) in [6, 6.07) is 10.2. The quantitative estimate of drug-likeness (QED) is 0.789. The van der Waals surface area contributed by atoms with Crippen LogP contribution in [0.15, 0.2) is 42.1 Å². The van der Waals surface area contributed by atoms with Gasteiger partial charge in [0.15, 0.2) is 0 Å². The largest absolute Gasteiger partial charge is 0.358 e. The number of hydrogen-bond donors (Lipinski definition) is 1. The highest BCUT2D eigenvalue weighted by Gasteiger charge is 2.18. The zero-order valence-electron chi connectivity index (χ0n) is 9.55. The van der Waals surface area contributed by atoms with Crippen LogP contribution in [0.4, 0.5) is 5.69 Å². The predicted octanol–water partition coefficient (Wildman–Crippen LogP) is 4.57. The second-order valence-corrected chi connectivity index (χ2v) is 5.97. The van der Waals surface area contributed by atoms with Crippen molar-refractivity contribution < 1.29 is 0 Å². The average Bonchev–Trinajstić information content (AvgIpc) is 2.17. The third-order valence-corrected chi connectivity index (χ3v) is 2.53. The van der Waals surface area contributed by atoms with Crippen molar-refractivity contribution in [3.05, 3.63) is 42.1 Å². The minimum Gasteiger partial charge on any atom is -0.358 e. The van der Waals surface area contributed by atoms with Gasteiger partial charge in [-0.1, -0.05) is 47.1 Å². The summed E-state index contributed by atoms with van der Waals surface area (Å²) in [7, 11) is 0. The first-order chi connectivity index (χ1) is 7.04. The van der Waals surface area contributed by atoms with Crippen molar-refractivity contribution in [3.8, 4) is 0 Å². The van der Waals surface area contributed by atoms with Crippen molar-refractivity contribution in [3.63, 3.8) is 0 Å². The van der Waals surface area contributed by atoms with Gasteiger partial charge in [0.25, 0.3) is 0 Å². The summed E-state index contributed by atoms with van der Waals surface area (Å²) < 4.78 is -0.0150. The van der Waals surface area contributed by atoms with Crippen LogP contribution < -0.4 is 5.32 Å². The summed E-state index contributed by atoms with van der Waals surface area (Å²) >= 11 is 3.67. The maximum absolute atomic E-state index is 3.67. The Balaban J connectivity index is 2.82. The molecule has 0 spiro atoms. The van der Waals surface area contributed by atoms with E-state index in [-0.39, 0.29) is 4.32 Å². The lowest BCUT2D eigenvalue weighted by Crippen LogP contribution is -2.20. The molecule has 0 amide bonds. The standard InChI is InChI=1S/C13H18BrN/c1-4-8-12(13(2,3)14)15-11-9-6-5-7-10-11/h5-10,15H,4H2,1-3H3/b12-8+. The van der Waals surface area contributed by atoms with Gasteiger partial charge in [-0.3, -0.25) is 0 Å². The van der Waals surface area contributed by atoms with Gasteiger partial charge in [0.05, 0.1) is 4.32 Å². The first kappa shape index (κ1) is 12.3. The summed E-state index contributed by atoms with van der Waals surface area (Å²) in [5.74, 6) is 0. The molecule has 0 unspecified atom stereocenters. The molecule has 15 heavy (non-hydrogen) atoms. The molecule has 0 fully saturated rings. The van der Waals surface area contributed by atoms with Crippen LogP contribution in [-0.2, 0) is 0 Å². The number of allylic oxidation sites excluding steroid dienone is 2. The van der Waals surface area contributed by atoms with Crippen LogP contribution in [0.2, 0.25) is 0 Å². The summed E-state index contributed by atoms with van der Waals surface area (Å²) in [5, 5.41) is 3.43. The number of nitrogens with one attached hydrogen (secondary N) is 1. The highest BCUT2D eigenvalue weighted by atomic mass is 79.9. The summed E-state index contributed by atoms with van der Waals surface area (Å²) in [6.07, 6.45) is 3.24. The van der Waals surface area contributed by atoms with Gasteiger partial charge < -0.3 is 5.32 Å². The summed E-state index contributed by atoms with van der Waals surface area (Å²) in [4.78, 5) is 0. The van der Waals surface area contributed by atoms with Crippen LogP contribution in [0.3, 0.4) is 0 Å². The number of para-hydroxylation sites is 1. The van der Waals surface area contributed by atoms with Crippen LogP contribution in [0.1, 0.15) is 27.2 Å². The number of benzene rings is 1. The first-order valence-corrected chi connectivity index (χ1v) is 6.05. The van der Waals surface area contributed by atoms with Crippen molar-refractivity contribution in [1.82, 2.24) is 0 Å². The lowest BCUT2D eigenvalue weighted by Gasteiger charge is -2.22. The summed E-state index contributed by atoms with van der Waals surface area (Å²) in [6.45, 7) is 6.43. The van der Waals surface area contributed by atoms with Crippen LogP contribution in [0.25, 0.3) is 0 Å². The van der Waals surface area contributed by atoms with Crippen LogP contribution in [-0.4, -0.2) is 4.32 Å². The fourth-order valence-corrected chi connectivity index (χ4v) is 1.58. The highest BCUT2D eigenvalue weighted by Crippen LogP contribution is 2.27. The average molecular weight is 268 g/mol. The SMILES string of the molecule is CC/C=C(/Nc1ccccc1)C(C)(C)Br. The minimum absolute atomic E-state index is 0.0150. The Hall–Kier alpha value is -0.760. The molecule has 0 aliphatic carbocycles. The fourth-order valence-electron chi connectivity index (χ4n) is 1.32.